The standard InChI is InChI=1S/C21H18O3/c22-20(23)15-16-8-7-13-19(14-16)24-21(17-9-3-1-4-10-17)18-11-5-2-6-12-18/h1-14,21H,15H2,(H,22,23). The van der Waals surface area contributed by atoms with E-state index in [2.05, 4.69) is 0 Å². The minimum atomic E-state index is -0.852. The van der Waals surface area contributed by atoms with Gasteiger partial charge in [0.25, 0.3) is 0 Å². The van der Waals surface area contributed by atoms with E-state index in [1.165, 1.54) is 0 Å². The normalized spacial score (nSPS) is 10.5. The quantitative estimate of drug-likeness (QED) is 0.729. The molecular weight excluding hydrogens is 300 g/mol. The van der Waals surface area contributed by atoms with Crippen LogP contribution in [0.15, 0.2) is 84.9 Å². The van der Waals surface area contributed by atoms with Gasteiger partial charge in [-0.2, -0.15) is 0 Å². The molecule has 0 aromatic heterocycles. The summed E-state index contributed by atoms with van der Waals surface area (Å²) in [4.78, 5) is 10.9. The van der Waals surface area contributed by atoms with Crippen LogP contribution in [0, 0.1) is 0 Å². The molecule has 3 heteroatoms. The van der Waals surface area contributed by atoms with Crippen LogP contribution in [-0.4, -0.2) is 11.1 Å². The van der Waals surface area contributed by atoms with Gasteiger partial charge in [-0.15, -0.1) is 0 Å². The van der Waals surface area contributed by atoms with Gasteiger partial charge >= 0.3 is 5.97 Å². The highest BCUT2D eigenvalue weighted by molar-refractivity contribution is 5.70. The fourth-order valence-corrected chi connectivity index (χ4v) is 2.62. The van der Waals surface area contributed by atoms with E-state index in [1.54, 1.807) is 12.1 Å². The van der Waals surface area contributed by atoms with E-state index in [1.807, 2.05) is 72.8 Å². The molecule has 120 valence electrons. The number of aliphatic carboxylic acids is 1. The average Bonchev–Trinajstić information content (AvgIpc) is 2.61. The lowest BCUT2D eigenvalue weighted by molar-refractivity contribution is -0.136. The third kappa shape index (κ3) is 4.02. The molecule has 3 rings (SSSR count). The average molecular weight is 318 g/mol. The SMILES string of the molecule is O=C(O)Cc1cccc(OC(c2ccccc2)c2ccccc2)c1. The Balaban J connectivity index is 1.92. The molecule has 24 heavy (non-hydrogen) atoms. The third-order valence-electron chi connectivity index (χ3n) is 3.71. The lowest BCUT2D eigenvalue weighted by Crippen LogP contribution is -2.09. The number of carboxylic acid groups (broad SMARTS) is 1. The first-order valence-corrected chi connectivity index (χ1v) is 7.79. The van der Waals surface area contributed by atoms with Gasteiger partial charge < -0.3 is 9.84 Å². The Morgan fingerprint density at radius 2 is 1.42 bits per heavy atom. The molecule has 0 aliphatic carbocycles. The molecule has 3 aromatic carbocycles. The highest BCUT2D eigenvalue weighted by Gasteiger charge is 2.16. The fraction of sp³-hybridized carbons (Fsp3) is 0.0952. The molecule has 1 N–H and O–H groups in total. The maximum Gasteiger partial charge on any atom is 0.307 e. The molecule has 0 saturated carbocycles. The van der Waals surface area contributed by atoms with Gasteiger partial charge in [0.1, 0.15) is 11.9 Å². The summed E-state index contributed by atoms with van der Waals surface area (Å²) < 4.78 is 6.22. The van der Waals surface area contributed by atoms with Crippen LogP contribution < -0.4 is 4.74 Å². The summed E-state index contributed by atoms with van der Waals surface area (Å²) in [6.45, 7) is 0. The van der Waals surface area contributed by atoms with Gasteiger partial charge in [0.15, 0.2) is 0 Å². The van der Waals surface area contributed by atoms with Crippen molar-refractivity contribution in [2.75, 3.05) is 0 Å². The Hall–Kier alpha value is -3.07. The molecule has 0 amide bonds. The second kappa shape index (κ2) is 7.47. The monoisotopic (exact) mass is 318 g/mol. The van der Waals surface area contributed by atoms with Crippen LogP contribution in [0.3, 0.4) is 0 Å². The number of benzene rings is 3. The fourth-order valence-electron chi connectivity index (χ4n) is 2.62. The zero-order valence-electron chi connectivity index (χ0n) is 13.1. The van der Waals surface area contributed by atoms with Crippen molar-refractivity contribution in [1.29, 1.82) is 0 Å². The van der Waals surface area contributed by atoms with Crippen LogP contribution >= 0.6 is 0 Å². The molecule has 0 heterocycles. The minimum Gasteiger partial charge on any atom is -0.481 e. The first kappa shape index (κ1) is 15.8. The van der Waals surface area contributed by atoms with E-state index in [0.717, 1.165) is 16.7 Å². The van der Waals surface area contributed by atoms with Crippen LogP contribution in [0.5, 0.6) is 5.75 Å². The molecule has 0 aliphatic heterocycles. The van der Waals surface area contributed by atoms with Gasteiger partial charge in [-0.25, -0.2) is 0 Å². The van der Waals surface area contributed by atoms with E-state index in [-0.39, 0.29) is 12.5 Å². The van der Waals surface area contributed by atoms with Crippen LogP contribution in [-0.2, 0) is 11.2 Å². The number of carboxylic acids is 1. The first-order valence-electron chi connectivity index (χ1n) is 7.79. The Kier molecular flexibility index (Phi) is 4.92. The van der Waals surface area contributed by atoms with Gasteiger partial charge in [0.05, 0.1) is 6.42 Å². The topological polar surface area (TPSA) is 46.5 Å². The Labute approximate surface area is 141 Å². The van der Waals surface area contributed by atoms with Crippen molar-refractivity contribution in [1.82, 2.24) is 0 Å². The largest absolute Gasteiger partial charge is 0.481 e. The third-order valence-corrected chi connectivity index (χ3v) is 3.71. The van der Waals surface area contributed by atoms with Gasteiger partial charge in [0.2, 0.25) is 0 Å². The van der Waals surface area contributed by atoms with Gasteiger partial charge in [-0.05, 0) is 28.8 Å². The van der Waals surface area contributed by atoms with E-state index >= 15 is 0 Å². The number of ether oxygens (including phenoxy) is 1. The summed E-state index contributed by atoms with van der Waals surface area (Å²) in [6.07, 6.45) is -0.258. The van der Waals surface area contributed by atoms with Crippen LogP contribution in [0.25, 0.3) is 0 Å². The summed E-state index contributed by atoms with van der Waals surface area (Å²) in [5, 5.41) is 8.95. The molecule has 0 radical (unpaired) electrons. The van der Waals surface area contributed by atoms with E-state index in [0.29, 0.717) is 5.75 Å². The van der Waals surface area contributed by atoms with Crippen molar-refractivity contribution >= 4 is 5.97 Å². The molecule has 0 aliphatic rings. The second-order valence-electron chi connectivity index (χ2n) is 5.54. The van der Waals surface area contributed by atoms with Crippen molar-refractivity contribution in [3.63, 3.8) is 0 Å². The summed E-state index contributed by atoms with van der Waals surface area (Å²) in [5.74, 6) is -0.193. The van der Waals surface area contributed by atoms with Gasteiger partial charge in [-0.3, -0.25) is 4.79 Å². The molecule has 3 aromatic rings. The summed E-state index contributed by atoms with van der Waals surface area (Å²) in [5.41, 5.74) is 2.82. The van der Waals surface area contributed by atoms with Gasteiger partial charge in [-0.1, -0.05) is 72.8 Å². The predicted octanol–water partition coefficient (Wildman–Crippen LogP) is 4.48. The Morgan fingerprint density at radius 3 is 1.96 bits per heavy atom. The lowest BCUT2D eigenvalue weighted by atomic mass is 10.0. The number of hydrogen-bond donors (Lipinski definition) is 1. The number of carbonyl (C=O) groups is 1. The first-order chi connectivity index (χ1) is 11.7. The molecule has 0 bridgehead atoms. The van der Waals surface area contributed by atoms with Crippen molar-refractivity contribution in [2.45, 2.75) is 12.5 Å². The van der Waals surface area contributed by atoms with E-state index < -0.39 is 5.97 Å². The minimum absolute atomic E-state index is 0.0153. The second-order valence-corrected chi connectivity index (χ2v) is 5.54. The smallest absolute Gasteiger partial charge is 0.307 e. The highest BCUT2D eigenvalue weighted by Crippen LogP contribution is 2.28. The molecule has 3 nitrogen and oxygen atoms in total. The van der Waals surface area contributed by atoms with Crippen LogP contribution in [0.2, 0.25) is 0 Å². The summed E-state index contributed by atoms with van der Waals surface area (Å²) >= 11 is 0. The van der Waals surface area contributed by atoms with Crippen molar-refractivity contribution in [3.8, 4) is 5.75 Å². The van der Waals surface area contributed by atoms with Crippen molar-refractivity contribution in [3.05, 3.63) is 102 Å². The molecule has 0 spiro atoms. The molecule has 0 atom stereocenters. The number of hydrogen-bond acceptors (Lipinski definition) is 2. The molecule has 0 unspecified atom stereocenters. The van der Waals surface area contributed by atoms with Crippen LogP contribution in [0.1, 0.15) is 22.8 Å². The maximum absolute atomic E-state index is 10.9. The van der Waals surface area contributed by atoms with Crippen molar-refractivity contribution < 1.29 is 14.6 Å². The zero-order valence-corrected chi connectivity index (χ0v) is 13.1. The maximum atomic E-state index is 10.9. The van der Waals surface area contributed by atoms with Crippen molar-refractivity contribution in [2.24, 2.45) is 0 Å². The zero-order chi connectivity index (χ0) is 16.8. The van der Waals surface area contributed by atoms with E-state index in [9.17, 15) is 4.79 Å². The lowest BCUT2D eigenvalue weighted by Gasteiger charge is -2.20. The molecule has 0 fully saturated rings. The Morgan fingerprint density at radius 1 is 0.833 bits per heavy atom. The summed E-state index contributed by atoms with van der Waals surface area (Å²) in [7, 11) is 0. The van der Waals surface area contributed by atoms with Gasteiger partial charge in [0, 0.05) is 0 Å². The van der Waals surface area contributed by atoms with E-state index in [4.69, 9.17) is 9.84 Å². The number of rotatable bonds is 6. The molecular formula is C21H18O3. The predicted molar refractivity (Wildman–Crippen MR) is 93.1 cm³/mol. The summed E-state index contributed by atoms with van der Waals surface area (Å²) in [6, 6.07) is 27.2. The Bertz CT molecular complexity index is 758. The molecule has 0 saturated heterocycles. The highest BCUT2D eigenvalue weighted by atomic mass is 16.5. The van der Waals surface area contributed by atoms with Crippen LogP contribution in [0.4, 0.5) is 0 Å².